The van der Waals surface area contributed by atoms with Crippen molar-refractivity contribution in [3.63, 3.8) is 0 Å². The summed E-state index contributed by atoms with van der Waals surface area (Å²) in [5.41, 5.74) is 3.82. The highest BCUT2D eigenvalue weighted by Gasteiger charge is 2.20. The van der Waals surface area contributed by atoms with E-state index in [4.69, 9.17) is 0 Å². The quantitative estimate of drug-likeness (QED) is 0.889. The Hall–Kier alpha value is -2.82. The topological polar surface area (TPSA) is 61.4 Å². The average molecular weight is 323 g/mol. The molecule has 0 atom stereocenters. The molecule has 24 heavy (non-hydrogen) atoms. The minimum Gasteiger partial charge on any atom is -0.336 e. The van der Waals surface area contributed by atoms with Gasteiger partial charge < -0.3 is 15.5 Å². The van der Waals surface area contributed by atoms with E-state index in [0.29, 0.717) is 26.1 Å². The van der Waals surface area contributed by atoms with E-state index in [9.17, 15) is 9.59 Å². The molecule has 3 rings (SSSR count). The molecule has 5 heteroatoms. The second-order valence-electron chi connectivity index (χ2n) is 5.96. The maximum atomic E-state index is 12.4. The molecule has 1 fully saturated rings. The number of nitrogens with zero attached hydrogens (tertiary/aromatic N) is 1. The first-order valence-corrected chi connectivity index (χ1v) is 8.08. The third-order valence-electron chi connectivity index (χ3n) is 4.21. The molecular weight excluding hydrogens is 302 g/mol. The van der Waals surface area contributed by atoms with Crippen molar-refractivity contribution in [1.82, 2.24) is 10.2 Å². The highest BCUT2D eigenvalue weighted by atomic mass is 16.2. The van der Waals surface area contributed by atoms with E-state index in [1.54, 1.807) is 4.90 Å². The van der Waals surface area contributed by atoms with Crippen molar-refractivity contribution in [2.24, 2.45) is 0 Å². The zero-order chi connectivity index (χ0) is 16.9. The van der Waals surface area contributed by atoms with Crippen LogP contribution in [0.2, 0.25) is 0 Å². The predicted molar refractivity (Wildman–Crippen MR) is 93.8 cm³/mol. The lowest BCUT2D eigenvalue weighted by atomic mass is 10.1. The number of nitrogens with one attached hydrogen (secondary N) is 2. The molecule has 3 amide bonds. The molecule has 5 nitrogen and oxygen atoms in total. The summed E-state index contributed by atoms with van der Waals surface area (Å²) in [5, 5.41) is 5.77. The summed E-state index contributed by atoms with van der Waals surface area (Å²) in [6.07, 6.45) is 0.339. The number of carbonyl (C=O) groups excluding carboxylic acids is 2. The number of hydrogen-bond donors (Lipinski definition) is 2. The predicted octanol–water partition coefficient (Wildman–Crippen LogP) is 2.70. The van der Waals surface area contributed by atoms with Gasteiger partial charge in [0.25, 0.3) is 0 Å². The number of urea groups is 1. The third-order valence-corrected chi connectivity index (χ3v) is 4.21. The lowest BCUT2D eigenvalue weighted by Gasteiger charge is -2.17. The Morgan fingerprint density at radius 3 is 2.54 bits per heavy atom. The number of amides is 3. The van der Waals surface area contributed by atoms with E-state index in [2.05, 4.69) is 10.6 Å². The number of hydrogen-bond acceptors (Lipinski definition) is 2. The Morgan fingerprint density at radius 2 is 1.83 bits per heavy atom. The molecule has 0 spiro atoms. The molecule has 2 aromatic carbocycles. The Morgan fingerprint density at radius 1 is 1.12 bits per heavy atom. The summed E-state index contributed by atoms with van der Waals surface area (Å²) in [7, 11) is 0. The second kappa shape index (κ2) is 7.17. The maximum absolute atomic E-state index is 12.4. The highest BCUT2D eigenvalue weighted by Crippen LogP contribution is 2.19. The molecule has 1 aliphatic heterocycles. The van der Waals surface area contributed by atoms with Crippen molar-refractivity contribution in [1.29, 1.82) is 0 Å². The van der Waals surface area contributed by atoms with Crippen LogP contribution in [0.25, 0.3) is 0 Å². The van der Waals surface area contributed by atoms with Gasteiger partial charge in [-0.1, -0.05) is 42.5 Å². The van der Waals surface area contributed by atoms with Crippen LogP contribution in [0.5, 0.6) is 0 Å². The molecule has 1 heterocycles. The van der Waals surface area contributed by atoms with Gasteiger partial charge in [-0.25, -0.2) is 4.79 Å². The first-order chi connectivity index (χ1) is 11.6. The first-order valence-electron chi connectivity index (χ1n) is 8.08. The number of anilines is 1. The molecule has 2 aromatic rings. The van der Waals surface area contributed by atoms with E-state index >= 15 is 0 Å². The SMILES string of the molecule is Cc1ccccc1CC(=O)Nc1ccccc1CN1CCNC1=O. The molecule has 0 aromatic heterocycles. The lowest BCUT2D eigenvalue weighted by Crippen LogP contribution is -2.28. The van der Waals surface area contributed by atoms with Crippen LogP contribution in [0, 0.1) is 6.92 Å². The van der Waals surface area contributed by atoms with Gasteiger partial charge in [0.2, 0.25) is 5.91 Å². The fraction of sp³-hybridized carbons (Fsp3) is 0.263. The second-order valence-corrected chi connectivity index (χ2v) is 5.96. The summed E-state index contributed by atoms with van der Waals surface area (Å²) in [6, 6.07) is 15.4. The van der Waals surface area contributed by atoms with E-state index in [1.807, 2.05) is 55.5 Å². The number of para-hydroxylation sites is 1. The summed E-state index contributed by atoms with van der Waals surface area (Å²) in [4.78, 5) is 25.8. The summed E-state index contributed by atoms with van der Waals surface area (Å²) < 4.78 is 0. The van der Waals surface area contributed by atoms with Gasteiger partial charge in [-0.05, 0) is 29.7 Å². The number of rotatable bonds is 5. The van der Waals surface area contributed by atoms with Gasteiger partial charge in [0.05, 0.1) is 6.42 Å². The van der Waals surface area contributed by atoms with Crippen LogP contribution in [0.1, 0.15) is 16.7 Å². The molecular formula is C19H21N3O2. The first kappa shape index (κ1) is 16.1. The van der Waals surface area contributed by atoms with Crippen LogP contribution in [-0.4, -0.2) is 29.9 Å². The van der Waals surface area contributed by atoms with Crippen molar-refractivity contribution in [2.75, 3.05) is 18.4 Å². The molecule has 0 radical (unpaired) electrons. The largest absolute Gasteiger partial charge is 0.336 e. The molecule has 0 saturated carbocycles. The molecule has 1 aliphatic rings. The van der Waals surface area contributed by atoms with Crippen molar-refractivity contribution in [3.8, 4) is 0 Å². The van der Waals surface area contributed by atoms with Crippen LogP contribution in [0.15, 0.2) is 48.5 Å². The minimum atomic E-state index is -0.0592. The summed E-state index contributed by atoms with van der Waals surface area (Å²) >= 11 is 0. The standard InChI is InChI=1S/C19H21N3O2/c1-14-6-2-3-7-15(14)12-18(23)21-17-9-5-4-8-16(17)13-22-11-10-20-19(22)24/h2-9H,10-13H2,1H3,(H,20,24)(H,21,23). The Labute approximate surface area is 141 Å². The van der Waals surface area contributed by atoms with E-state index in [-0.39, 0.29) is 11.9 Å². The Bertz CT molecular complexity index is 758. The lowest BCUT2D eigenvalue weighted by molar-refractivity contribution is -0.115. The number of carbonyl (C=O) groups is 2. The van der Waals surface area contributed by atoms with E-state index < -0.39 is 0 Å². The van der Waals surface area contributed by atoms with Crippen LogP contribution in [-0.2, 0) is 17.8 Å². The molecule has 2 N–H and O–H groups in total. The van der Waals surface area contributed by atoms with Gasteiger partial charge in [-0.15, -0.1) is 0 Å². The van der Waals surface area contributed by atoms with Gasteiger partial charge in [-0.2, -0.15) is 0 Å². The average Bonchev–Trinajstić information content (AvgIpc) is 2.96. The van der Waals surface area contributed by atoms with E-state index in [0.717, 1.165) is 22.4 Å². The van der Waals surface area contributed by atoms with Gasteiger partial charge in [0, 0.05) is 25.3 Å². The molecule has 1 saturated heterocycles. The number of aryl methyl sites for hydroxylation is 1. The van der Waals surface area contributed by atoms with Crippen molar-refractivity contribution >= 4 is 17.6 Å². The Kier molecular flexibility index (Phi) is 4.79. The third kappa shape index (κ3) is 3.74. The maximum Gasteiger partial charge on any atom is 0.317 e. The van der Waals surface area contributed by atoms with Gasteiger partial charge in [0.15, 0.2) is 0 Å². The molecule has 0 unspecified atom stereocenters. The molecule has 0 aliphatic carbocycles. The van der Waals surface area contributed by atoms with Crippen LogP contribution >= 0.6 is 0 Å². The van der Waals surface area contributed by atoms with Crippen molar-refractivity contribution in [3.05, 3.63) is 65.2 Å². The van der Waals surface area contributed by atoms with E-state index in [1.165, 1.54) is 0 Å². The highest BCUT2D eigenvalue weighted by molar-refractivity contribution is 5.93. The van der Waals surface area contributed by atoms with Gasteiger partial charge in [0.1, 0.15) is 0 Å². The zero-order valence-electron chi connectivity index (χ0n) is 13.7. The number of benzene rings is 2. The molecule has 0 bridgehead atoms. The van der Waals surface area contributed by atoms with Crippen LogP contribution < -0.4 is 10.6 Å². The summed E-state index contributed by atoms with van der Waals surface area (Å²) in [6.45, 7) is 3.85. The zero-order valence-corrected chi connectivity index (χ0v) is 13.7. The molecule has 124 valence electrons. The monoisotopic (exact) mass is 323 g/mol. The van der Waals surface area contributed by atoms with Crippen LogP contribution in [0.3, 0.4) is 0 Å². The smallest absolute Gasteiger partial charge is 0.317 e. The van der Waals surface area contributed by atoms with Crippen LogP contribution in [0.4, 0.5) is 10.5 Å². The minimum absolute atomic E-state index is 0.0531. The summed E-state index contributed by atoms with van der Waals surface area (Å²) in [5.74, 6) is -0.0531. The Balaban J connectivity index is 1.69. The normalized spacial score (nSPS) is 13.7. The van der Waals surface area contributed by atoms with Crippen molar-refractivity contribution in [2.45, 2.75) is 19.9 Å². The van der Waals surface area contributed by atoms with Gasteiger partial charge in [-0.3, -0.25) is 4.79 Å². The van der Waals surface area contributed by atoms with Crippen molar-refractivity contribution < 1.29 is 9.59 Å². The fourth-order valence-electron chi connectivity index (χ4n) is 2.82. The van der Waals surface area contributed by atoms with Gasteiger partial charge >= 0.3 is 6.03 Å². The fourth-order valence-corrected chi connectivity index (χ4v) is 2.82.